The van der Waals surface area contributed by atoms with Crippen molar-refractivity contribution in [2.75, 3.05) is 13.1 Å². The number of nitrogens with zero attached hydrogens (tertiary/aromatic N) is 1. The molecule has 0 spiro atoms. The van der Waals surface area contributed by atoms with Gasteiger partial charge in [0.05, 0.1) is 0 Å². The zero-order valence-corrected chi connectivity index (χ0v) is 8.29. The van der Waals surface area contributed by atoms with Crippen LogP contribution in [-0.4, -0.2) is 32.5 Å². The van der Waals surface area contributed by atoms with Gasteiger partial charge in [-0.15, -0.1) is 0 Å². The summed E-state index contributed by atoms with van der Waals surface area (Å²) >= 11 is 0. The fourth-order valence-electron chi connectivity index (χ4n) is 1.17. The Hall–Kier alpha value is -0.980. The maximum absolute atomic E-state index is 11.7. The molecule has 0 aromatic carbocycles. The highest BCUT2D eigenvalue weighted by atomic mass is 32.2. The summed E-state index contributed by atoms with van der Waals surface area (Å²) in [5, 5.41) is 2.99. The molecule has 1 aliphatic heterocycles. The fraction of sp³-hybridized carbons (Fsp3) is 0.375. The number of sulfonamides is 1. The Morgan fingerprint density at radius 1 is 1.50 bits per heavy atom. The molecule has 1 aliphatic rings. The zero-order chi connectivity index (χ0) is 10.0. The van der Waals surface area contributed by atoms with Crippen molar-refractivity contribution in [1.82, 2.24) is 15.0 Å². The van der Waals surface area contributed by atoms with Crippen LogP contribution in [0, 0.1) is 0 Å². The number of aromatic nitrogens is 1. The number of hydrogen-bond acceptors (Lipinski definition) is 4. The van der Waals surface area contributed by atoms with Crippen molar-refractivity contribution < 1.29 is 8.42 Å². The van der Waals surface area contributed by atoms with Crippen LogP contribution in [0.4, 0.5) is 0 Å². The molecule has 14 heavy (non-hydrogen) atoms. The minimum atomic E-state index is -3.37. The first-order chi connectivity index (χ1) is 6.68. The van der Waals surface area contributed by atoms with E-state index in [2.05, 4.69) is 15.0 Å². The van der Waals surface area contributed by atoms with Crippen molar-refractivity contribution in [1.29, 1.82) is 0 Å². The molecule has 0 bridgehead atoms. The molecule has 5 nitrogen and oxygen atoms in total. The van der Waals surface area contributed by atoms with Gasteiger partial charge in [0.2, 0.25) is 10.0 Å². The minimum absolute atomic E-state index is 0.0141. The smallest absolute Gasteiger partial charge is 0.242 e. The average molecular weight is 213 g/mol. The van der Waals surface area contributed by atoms with Gasteiger partial charge in [-0.25, -0.2) is 13.1 Å². The molecule has 0 amide bonds. The third-order valence-electron chi connectivity index (χ3n) is 2.05. The molecule has 0 radical (unpaired) electrons. The van der Waals surface area contributed by atoms with E-state index in [0.29, 0.717) is 13.1 Å². The molecule has 1 aromatic rings. The van der Waals surface area contributed by atoms with Crippen molar-refractivity contribution in [3.05, 3.63) is 24.5 Å². The summed E-state index contributed by atoms with van der Waals surface area (Å²) in [4.78, 5) is 3.98. The van der Waals surface area contributed by atoms with Gasteiger partial charge in [-0.3, -0.25) is 4.98 Å². The van der Waals surface area contributed by atoms with E-state index in [1.807, 2.05) is 0 Å². The van der Waals surface area contributed by atoms with Crippen LogP contribution in [0.1, 0.15) is 0 Å². The van der Waals surface area contributed by atoms with E-state index in [1.54, 1.807) is 12.3 Å². The fourth-order valence-corrected chi connectivity index (χ4v) is 2.36. The summed E-state index contributed by atoms with van der Waals surface area (Å²) in [5.74, 6) is 0. The number of pyridine rings is 1. The van der Waals surface area contributed by atoms with E-state index >= 15 is 0 Å². The highest BCUT2D eigenvalue weighted by molar-refractivity contribution is 7.89. The Morgan fingerprint density at radius 3 is 2.79 bits per heavy atom. The summed E-state index contributed by atoms with van der Waals surface area (Å²) in [5.41, 5.74) is 0. The summed E-state index contributed by atoms with van der Waals surface area (Å²) in [6, 6.07) is 3.15. The normalized spacial score (nSPS) is 17.7. The van der Waals surface area contributed by atoms with Crippen LogP contribution >= 0.6 is 0 Å². The van der Waals surface area contributed by atoms with Gasteiger partial charge >= 0.3 is 0 Å². The second-order valence-corrected chi connectivity index (χ2v) is 4.88. The minimum Gasteiger partial charge on any atom is -0.313 e. The number of nitrogens with one attached hydrogen (secondary N) is 2. The molecule has 1 aromatic heterocycles. The maximum Gasteiger partial charge on any atom is 0.242 e. The lowest BCUT2D eigenvalue weighted by molar-refractivity contribution is 0.410. The Balaban J connectivity index is 2.15. The van der Waals surface area contributed by atoms with E-state index < -0.39 is 10.0 Å². The van der Waals surface area contributed by atoms with Crippen LogP contribution in [0.5, 0.6) is 0 Å². The summed E-state index contributed by atoms with van der Waals surface area (Å²) in [6.45, 7) is 1.39. The highest BCUT2D eigenvalue weighted by Gasteiger charge is 2.24. The molecule has 1 fully saturated rings. The first-order valence-electron chi connectivity index (χ1n) is 4.31. The molecular formula is C8H11N3O2S. The first kappa shape index (κ1) is 9.57. The predicted molar refractivity (Wildman–Crippen MR) is 51.2 cm³/mol. The van der Waals surface area contributed by atoms with Crippen LogP contribution in [0.2, 0.25) is 0 Å². The second-order valence-electron chi connectivity index (χ2n) is 3.17. The molecule has 2 N–H and O–H groups in total. The third-order valence-corrected chi connectivity index (χ3v) is 3.55. The molecule has 0 atom stereocenters. The Bertz CT molecular complexity index is 400. The maximum atomic E-state index is 11.7. The Kier molecular flexibility index (Phi) is 2.49. The van der Waals surface area contributed by atoms with Crippen molar-refractivity contribution in [3.8, 4) is 0 Å². The topological polar surface area (TPSA) is 71.1 Å². The summed E-state index contributed by atoms with van der Waals surface area (Å²) < 4.78 is 25.9. The van der Waals surface area contributed by atoms with Crippen molar-refractivity contribution in [2.24, 2.45) is 0 Å². The van der Waals surface area contributed by atoms with Gasteiger partial charge in [-0.2, -0.15) is 0 Å². The molecule has 2 heterocycles. The lowest BCUT2D eigenvalue weighted by Gasteiger charge is -2.27. The first-order valence-corrected chi connectivity index (χ1v) is 5.80. The monoisotopic (exact) mass is 213 g/mol. The van der Waals surface area contributed by atoms with Crippen LogP contribution in [-0.2, 0) is 10.0 Å². The molecular weight excluding hydrogens is 202 g/mol. The number of hydrogen-bond donors (Lipinski definition) is 2. The largest absolute Gasteiger partial charge is 0.313 e. The average Bonchev–Trinajstić information content (AvgIpc) is 2.13. The molecule has 0 unspecified atom stereocenters. The Labute approximate surface area is 82.6 Å². The third kappa shape index (κ3) is 1.92. The van der Waals surface area contributed by atoms with Gasteiger partial charge in [0.1, 0.15) is 4.90 Å². The molecule has 6 heteroatoms. The molecule has 0 saturated carbocycles. The van der Waals surface area contributed by atoms with Gasteiger partial charge in [0, 0.05) is 31.5 Å². The van der Waals surface area contributed by atoms with Gasteiger partial charge in [0.15, 0.2) is 0 Å². The van der Waals surface area contributed by atoms with Gasteiger partial charge in [0.25, 0.3) is 0 Å². The zero-order valence-electron chi connectivity index (χ0n) is 7.47. The molecule has 76 valence electrons. The molecule has 0 aliphatic carbocycles. The lowest BCUT2D eigenvalue weighted by atomic mass is 10.2. The van der Waals surface area contributed by atoms with Gasteiger partial charge < -0.3 is 5.32 Å². The van der Waals surface area contributed by atoms with Crippen LogP contribution in [0.3, 0.4) is 0 Å². The molecule has 1 saturated heterocycles. The highest BCUT2D eigenvalue weighted by Crippen LogP contribution is 2.07. The number of rotatable bonds is 3. The van der Waals surface area contributed by atoms with Gasteiger partial charge in [-0.1, -0.05) is 0 Å². The SMILES string of the molecule is O=S(=O)(NC1CNC1)c1cccnc1. The quantitative estimate of drug-likeness (QED) is 0.698. The standard InChI is InChI=1S/C8H11N3O2S/c12-14(13,11-7-4-10-5-7)8-2-1-3-9-6-8/h1-3,6-7,10-11H,4-5H2. The van der Waals surface area contributed by atoms with E-state index in [-0.39, 0.29) is 10.9 Å². The van der Waals surface area contributed by atoms with Crippen LogP contribution in [0.25, 0.3) is 0 Å². The summed E-state index contributed by atoms with van der Waals surface area (Å²) in [6.07, 6.45) is 2.89. The van der Waals surface area contributed by atoms with E-state index in [1.165, 1.54) is 12.3 Å². The van der Waals surface area contributed by atoms with Crippen molar-refractivity contribution >= 4 is 10.0 Å². The van der Waals surface area contributed by atoms with Crippen molar-refractivity contribution in [3.63, 3.8) is 0 Å². The lowest BCUT2D eigenvalue weighted by Crippen LogP contribution is -2.56. The van der Waals surface area contributed by atoms with E-state index in [9.17, 15) is 8.42 Å². The van der Waals surface area contributed by atoms with E-state index in [4.69, 9.17) is 0 Å². The second kappa shape index (κ2) is 3.64. The van der Waals surface area contributed by atoms with Crippen LogP contribution < -0.4 is 10.0 Å². The molecule has 2 rings (SSSR count). The van der Waals surface area contributed by atoms with E-state index in [0.717, 1.165) is 0 Å². The van der Waals surface area contributed by atoms with Crippen LogP contribution in [0.15, 0.2) is 29.4 Å². The van der Waals surface area contributed by atoms with Gasteiger partial charge in [-0.05, 0) is 12.1 Å². The summed E-state index contributed by atoms with van der Waals surface area (Å²) in [7, 11) is -3.37. The van der Waals surface area contributed by atoms with Crippen molar-refractivity contribution in [2.45, 2.75) is 10.9 Å². The predicted octanol–water partition coefficient (Wildman–Crippen LogP) is -0.668. The Morgan fingerprint density at radius 2 is 2.29 bits per heavy atom.